The second kappa shape index (κ2) is 7.83. The van der Waals surface area contributed by atoms with E-state index < -0.39 is 17.9 Å². The zero-order chi connectivity index (χ0) is 15.0. The number of nitrogens with zero attached hydrogens (tertiary/aromatic N) is 2. The third kappa shape index (κ3) is 4.01. The molecule has 0 spiro atoms. The molecule has 0 fully saturated rings. The molecule has 0 bridgehead atoms. The first-order valence-corrected chi connectivity index (χ1v) is 6.13. The van der Waals surface area contributed by atoms with Gasteiger partial charge in [0.15, 0.2) is 11.8 Å². The summed E-state index contributed by atoms with van der Waals surface area (Å²) in [7, 11) is 1.43. The van der Waals surface area contributed by atoms with Gasteiger partial charge in [-0.25, -0.2) is 4.79 Å². The monoisotopic (exact) mass is 274 g/mol. The van der Waals surface area contributed by atoms with E-state index in [-0.39, 0.29) is 6.54 Å². The van der Waals surface area contributed by atoms with E-state index in [0.29, 0.717) is 5.69 Å². The average molecular weight is 274 g/mol. The molecular formula is C14H16N3O3. The highest BCUT2D eigenvalue weighted by atomic mass is 16.2. The number of pyridine rings is 1. The Balaban J connectivity index is 2.84. The number of urea groups is 1. The number of hydrogen-bond donors (Lipinski definition) is 1. The lowest BCUT2D eigenvalue weighted by Gasteiger charge is -2.23. The Hall–Kier alpha value is -2.50. The Bertz CT molecular complexity index is 500. The molecule has 1 radical (unpaired) electrons. The highest BCUT2D eigenvalue weighted by molar-refractivity contribution is 6.08. The minimum Gasteiger partial charge on any atom is -0.341 e. The van der Waals surface area contributed by atoms with Crippen LogP contribution in [0.3, 0.4) is 0 Å². The lowest BCUT2D eigenvalue weighted by Crippen LogP contribution is -2.49. The first-order valence-electron chi connectivity index (χ1n) is 6.13. The van der Waals surface area contributed by atoms with Gasteiger partial charge in [-0.15, -0.1) is 0 Å². The van der Waals surface area contributed by atoms with Crippen LogP contribution in [0.15, 0.2) is 30.5 Å². The van der Waals surface area contributed by atoms with Gasteiger partial charge in [-0.05, 0) is 31.2 Å². The van der Waals surface area contributed by atoms with Crippen molar-refractivity contribution < 1.29 is 14.4 Å². The van der Waals surface area contributed by atoms with E-state index in [4.69, 9.17) is 0 Å². The molecular weight excluding hydrogens is 258 g/mol. The summed E-state index contributed by atoms with van der Waals surface area (Å²) in [6.45, 7) is 1.90. The summed E-state index contributed by atoms with van der Waals surface area (Å²) >= 11 is 0. The molecule has 1 aromatic rings. The van der Waals surface area contributed by atoms with Crippen molar-refractivity contribution in [3.8, 4) is 0 Å². The van der Waals surface area contributed by atoms with Crippen LogP contribution in [-0.4, -0.2) is 47.6 Å². The fourth-order valence-electron chi connectivity index (χ4n) is 1.60. The summed E-state index contributed by atoms with van der Waals surface area (Å²) < 4.78 is 0. The van der Waals surface area contributed by atoms with Crippen molar-refractivity contribution in [2.24, 2.45) is 0 Å². The summed E-state index contributed by atoms with van der Waals surface area (Å²) in [5.74, 6) is -0.517. The Labute approximate surface area is 117 Å². The SMILES string of the molecule is CCN(C(=O)NC)C([C]=O)C(=O)C=Cc1ccccn1. The van der Waals surface area contributed by atoms with Gasteiger partial charge in [-0.3, -0.25) is 14.6 Å². The maximum absolute atomic E-state index is 12.0. The maximum atomic E-state index is 12.0. The highest BCUT2D eigenvalue weighted by Gasteiger charge is 2.26. The normalized spacial score (nSPS) is 11.9. The molecule has 0 aliphatic heterocycles. The minimum atomic E-state index is -1.25. The molecule has 20 heavy (non-hydrogen) atoms. The van der Waals surface area contributed by atoms with Crippen molar-refractivity contribution in [1.82, 2.24) is 15.2 Å². The molecule has 2 amide bonds. The van der Waals surface area contributed by atoms with Crippen LogP contribution < -0.4 is 5.32 Å². The highest BCUT2D eigenvalue weighted by Crippen LogP contribution is 2.03. The number of carbonyl (C=O) groups excluding carboxylic acids is 3. The molecule has 1 unspecified atom stereocenters. The summed E-state index contributed by atoms with van der Waals surface area (Å²) in [4.78, 5) is 39.6. The Morgan fingerprint density at radius 2 is 2.25 bits per heavy atom. The quantitative estimate of drug-likeness (QED) is 0.615. The molecule has 1 N–H and O–H groups in total. The van der Waals surface area contributed by atoms with Gasteiger partial charge >= 0.3 is 6.03 Å². The van der Waals surface area contributed by atoms with Crippen LogP contribution in [-0.2, 0) is 9.59 Å². The van der Waals surface area contributed by atoms with Gasteiger partial charge in [0, 0.05) is 19.8 Å². The van der Waals surface area contributed by atoms with Crippen LogP contribution in [0.4, 0.5) is 4.79 Å². The largest absolute Gasteiger partial charge is 0.341 e. The second-order valence-electron chi connectivity index (χ2n) is 3.85. The molecule has 0 saturated carbocycles. The van der Waals surface area contributed by atoms with Crippen LogP contribution in [0.5, 0.6) is 0 Å². The lowest BCUT2D eigenvalue weighted by atomic mass is 10.1. The average Bonchev–Trinajstić information content (AvgIpc) is 2.50. The summed E-state index contributed by atoms with van der Waals surface area (Å²) in [6, 6.07) is 3.51. The Kier molecular flexibility index (Phi) is 6.09. The van der Waals surface area contributed by atoms with Crippen LogP contribution >= 0.6 is 0 Å². The van der Waals surface area contributed by atoms with E-state index in [1.54, 1.807) is 37.6 Å². The zero-order valence-electron chi connectivity index (χ0n) is 11.4. The van der Waals surface area contributed by atoms with E-state index in [9.17, 15) is 14.4 Å². The molecule has 6 heteroatoms. The number of aromatic nitrogens is 1. The Morgan fingerprint density at radius 1 is 1.50 bits per heavy atom. The number of nitrogens with one attached hydrogen (secondary N) is 1. The molecule has 0 aliphatic carbocycles. The molecule has 1 aromatic heterocycles. The molecule has 105 valence electrons. The van der Waals surface area contributed by atoms with E-state index in [0.717, 1.165) is 4.90 Å². The van der Waals surface area contributed by atoms with Crippen molar-refractivity contribution in [2.75, 3.05) is 13.6 Å². The van der Waals surface area contributed by atoms with Gasteiger partial charge < -0.3 is 10.2 Å². The second-order valence-corrected chi connectivity index (χ2v) is 3.85. The Morgan fingerprint density at radius 3 is 2.75 bits per heavy atom. The molecule has 0 aromatic carbocycles. The fraction of sp³-hybridized carbons (Fsp3) is 0.286. The van der Waals surface area contributed by atoms with Gasteiger partial charge in [0.05, 0.1) is 5.69 Å². The zero-order valence-corrected chi connectivity index (χ0v) is 11.4. The van der Waals surface area contributed by atoms with E-state index in [1.807, 2.05) is 0 Å². The third-order valence-corrected chi connectivity index (χ3v) is 2.61. The number of likely N-dealkylation sites (N-methyl/N-ethyl adjacent to an activating group) is 1. The van der Waals surface area contributed by atoms with E-state index in [1.165, 1.54) is 19.2 Å². The molecule has 1 heterocycles. The fourth-order valence-corrected chi connectivity index (χ4v) is 1.60. The predicted molar refractivity (Wildman–Crippen MR) is 74.6 cm³/mol. The van der Waals surface area contributed by atoms with Crippen molar-refractivity contribution in [1.29, 1.82) is 0 Å². The lowest BCUT2D eigenvalue weighted by molar-refractivity contribution is -0.116. The van der Waals surface area contributed by atoms with Crippen molar-refractivity contribution >= 4 is 24.2 Å². The van der Waals surface area contributed by atoms with Crippen molar-refractivity contribution in [3.05, 3.63) is 36.2 Å². The molecule has 0 aliphatic rings. The molecule has 0 saturated heterocycles. The number of hydrogen-bond acceptors (Lipinski definition) is 4. The molecule has 1 atom stereocenters. The first-order chi connectivity index (χ1) is 9.63. The number of ketones is 1. The summed E-state index contributed by atoms with van der Waals surface area (Å²) in [6.07, 6.45) is 5.91. The molecule has 6 nitrogen and oxygen atoms in total. The first kappa shape index (κ1) is 15.6. The van der Waals surface area contributed by atoms with Gasteiger partial charge in [0.1, 0.15) is 0 Å². The number of rotatable bonds is 6. The van der Waals surface area contributed by atoms with E-state index in [2.05, 4.69) is 10.3 Å². The third-order valence-electron chi connectivity index (χ3n) is 2.61. The van der Waals surface area contributed by atoms with Crippen LogP contribution in [0, 0.1) is 0 Å². The van der Waals surface area contributed by atoms with Gasteiger partial charge in [0.2, 0.25) is 6.29 Å². The summed E-state index contributed by atoms with van der Waals surface area (Å²) in [5, 5.41) is 2.38. The van der Waals surface area contributed by atoms with Crippen LogP contribution in [0.1, 0.15) is 12.6 Å². The van der Waals surface area contributed by atoms with Gasteiger partial charge in [0.25, 0.3) is 0 Å². The standard InChI is InChI=1S/C14H16N3O3/c1-3-17(14(20)15-2)12(10-18)13(19)8-7-11-6-4-5-9-16-11/h4-9,12H,3H2,1-2H3,(H,15,20). The van der Waals surface area contributed by atoms with Gasteiger partial charge in [-0.2, -0.15) is 0 Å². The van der Waals surface area contributed by atoms with Crippen LogP contribution in [0.25, 0.3) is 6.08 Å². The summed E-state index contributed by atoms with van der Waals surface area (Å²) in [5.41, 5.74) is 0.591. The number of amides is 2. The number of carbonyl (C=O) groups is 2. The smallest absolute Gasteiger partial charge is 0.318 e. The van der Waals surface area contributed by atoms with Crippen molar-refractivity contribution in [2.45, 2.75) is 13.0 Å². The maximum Gasteiger partial charge on any atom is 0.318 e. The van der Waals surface area contributed by atoms with E-state index >= 15 is 0 Å². The predicted octanol–water partition coefficient (Wildman–Crippen LogP) is 0.803. The topological polar surface area (TPSA) is 79.4 Å². The minimum absolute atomic E-state index is 0.225. The molecule has 1 rings (SSSR count). The van der Waals surface area contributed by atoms with Crippen LogP contribution in [0.2, 0.25) is 0 Å². The van der Waals surface area contributed by atoms with Gasteiger partial charge in [-0.1, -0.05) is 6.07 Å². The van der Waals surface area contributed by atoms with Crippen molar-refractivity contribution in [3.63, 3.8) is 0 Å².